The quantitative estimate of drug-likeness (QED) is 0.602. The number of hydrogen-bond acceptors (Lipinski definition) is 4. The Morgan fingerprint density at radius 1 is 1.07 bits per heavy atom. The molecule has 4 aliphatic rings. The highest BCUT2D eigenvalue weighted by atomic mass is 16.2. The largest absolute Gasteiger partial charge is 0.338 e. The molecule has 3 N–H and O–H groups in total. The minimum absolute atomic E-state index is 0.0416. The number of rotatable bonds is 4. The number of fused-ring (bicyclic) bond motifs is 1. The number of carbonyl (C=O) groups is 4. The number of likely N-dealkylation sites (tertiary alicyclic amines) is 1. The molecule has 2 saturated heterocycles. The second kappa shape index (κ2) is 8.94. The van der Waals surface area contributed by atoms with E-state index >= 15 is 0 Å². The van der Waals surface area contributed by atoms with Crippen LogP contribution in [0.1, 0.15) is 64.7 Å². The highest BCUT2D eigenvalue weighted by molar-refractivity contribution is 6.02. The van der Waals surface area contributed by atoms with E-state index in [1.165, 1.54) is 12.8 Å². The predicted octanol–water partition coefficient (Wildman–Crippen LogP) is 1.54. The molecular weight excluding hydrogens is 384 g/mol. The van der Waals surface area contributed by atoms with Crippen LogP contribution in [-0.2, 0) is 14.4 Å². The second-order valence-corrected chi connectivity index (χ2v) is 9.81. The first-order valence-corrected chi connectivity index (χ1v) is 11.6. The molecule has 166 valence electrons. The summed E-state index contributed by atoms with van der Waals surface area (Å²) in [7, 11) is 0. The summed E-state index contributed by atoms with van der Waals surface area (Å²) in [6, 6.07) is -0.337. The van der Waals surface area contributed by atoms with Crippen molar-refractivity contribution in [3.8, 4) is 0 Å². The number of amides is 5. The molecule has 8 nitrogen and oxygen atoms in total. The lowest BCUT2D eigenvalue weighted by Gasteiger charge is -2.30. The van der Waals surface area contributed by atoms with Gasteiger partial charge in [-0.1, -0.05) is 6.92 Å². The van der Waals surface area contributed by atoms with Gasteiger partial charge in [-0.05, 0) is 69.1 Å². The fourth-order valence-corrected chi connectivity index (χ4v) is 5.72. The van der Waals surface area contributed by atoms with E-state index in [0.29, 0.717) is 19.5 Å². The van der Waals surface area contributed by atoms with Crippen molar-refractivity contribution >= 4 is 23.8 Å². The molecule has 2 aliphatic heterocycles. The molecule has 8 heteroatoms. The molecule has 4 rings (SSSR count). The fraction of sp³-hybridized carbons (Fsp3) is 0.818. The topological polar surface area (TPSA) is 108 Å². The molecule has 0 radical (unpaired) electrons. The number of imide groups is 1. The van der Waals surface area contributed by atoms with Gasteiger partial charge in [0.1, 0.15) is 6.04 Å². The normalized spacial score (nSPS) is 36.8. The average molecular weight is 419 g/mol. The van der Waals surface area contributed by atoms with Crippen molar-refractivity contribution in [1.29, 1.82) is 0 Å². The van der Waals surface area contributed by atoms with Crippen LogP contribution in [0.15, 0.2) is 0 Å². The first-order chi connectivity index (χ1) is 14.4. The molecule has 0 bridgehead atoms. The van der Waals surface area contributed by atoms with Crippen molar-refractivity contribution in [2.75, 3.05) is 13.1 Å². The van der Waals surface area contributed by atoms with Gasteiger partial charge in [0.05, 0.1) is 0 Å². The van der Waals surface area contributed by atoms with Gasteiger partial charge in [0.25, 0.3) is 0 Å². The summed E-state index contributed by atoms with van der Waals surface area (Å²) in [5.74, 6) is 0.688. The molecule has 30 heavy (non-hydrogen) atoms. The highest BCUT2D eigenvalue weighted by Gasteiger charge is 2.48. The van der Waals surface area contributed by atoms with Gasteiger partial charge in [-0.25, -0.2) is 4.79 Å². The van der Waals surface area contributed by atoms with Crippen LogP contribution >= 0.6 is 0 Å². The maximum atomic E-state index is 13.0. The van der Waals surface area contributed by atoms with Crippen molar-refractivity contribution < 1.29 is 19.2 Å². The molecule has 4 fully saturated rings. The molecule has 2 saturated carbocycles. The van der Waals surface area contributed by atoms with Crippen molar-refractivity contribution in [3.05, 3.63) is 0 Å². The van der Waals surface area contributed by atoms with Crippen LogP contribution in [0.4, 0.5) is 4.79 Å². The maximum Gasteiger partial charge on any atom is 0.315 e. The Morgan fingerprint density at radius 2 is 1.83 bits per heavy atom. The number of hydrogen-bond donors (Lipinski definition) is 3. The van der Waals surface area contributed by atoms with Crippen LogP contribution < -0.4 is 16.0 Å². The molecule has 0 aromatic heterocycles. The van der Waals surface area contributed by atoms with Crippen LogP contribution in [0.3, 0.4) is 0 Å². The highest BCUT2D eigenvalue weighted by Crippen LogP contribution is 2.41. The molecule has 2 heterocycles. The Bertz CT molecular complexity index is 703. The van der Waals surface area contributed by atoms with E-state index in [0.717, 1.165) is 38.0 Å². The van der Waals surface area contributed by atoms with Gasteiger partial charge in [-0.2, -0.15) is 0 Å². The Morgan fingerprint density at radius 3 is 2.57 bits per heavy atom. The van der Waals surface area contributed by atoms with Crippen molar-refractivity contribution in [3.63, 3.8) is 0 Å². The average Bonchev–Trinajstić information content (AvgIpc) is 3.04. The van der Waals surface area contributed by atoms with Crippen molar-refractivity contribution in [2.45, 2.75) is 76.8 Å². The van der Waals surface area contributed by atoms with Crippen LogP contribution in [0.2, 0.25) is 0 Å². The Balaban J connectivity index is 1.24. The number of nitrogens with zero attached hydrogens (tertiary/aromatic N) is 1. The van der Waals surface area contributed by atoms with E-state index in [1.54, 1.807) is 4.90 Å². The molecule has 0 spiro atoms. The summed E-state index contributed by atoms with van der Waals surface area (Å²) < 4.78 is 0. The zero-order valence-electron chi connectivity index (χ0n) is 17.8. The summed E-state index contributed by atoms with van der Waals surface area (Å²) >= 11 is 0. The summed E-state index contributed by atoms with van der Waals surface area (Å²) in [6.07, 6.45) is 7.82. The summed E-state index contributed by atoms with van der Waals surface area (Å²) in [4.78, 5) is 50.6. The van der Waals surface area contributed by atoms with E-state index in [2.05, 4.69) is 22.9 Å². The van der Waals surface area contributed by atoms with Crippen LogP contribution in [0, 0.1) is 23.7 Å². The third-order valence-electron chi connectivity index (χ3n) is 7.62. The summed E-state index contributed by atoms with van der Waals surface area (Å²) in [6.45, 7) is 3.46. The zero-order chi connectivity index (χ0) is 21.3. The minimum atomic E-state index is -0.513. The smallest absolute Gasteiger partial charge is 0.315 e. The van der Waals surface area contributed by atoms with E-state index in [-0.39, 0.29) is 54.0 Å². The van der Waals surface area contributed by atoms with Gasteiger partial charge in [0.2, 0.25) is 17.7 Å². The van der Waals surface area contributed by atoms with Gasteiger partial charge in [0.15, 0.2) is 0 Å². The molecule has 0 aromatic carbocycles. The standard InChI is InChI=1S/C22H34N4O4/c1-13-2-6-16(7-3-13)24-22(30)23-11-14-4-5-15-12-26(21(29)17(15)10-14)18-8-9-19(27)25-20(18)28/h13-18H,2-12H2,1H3,(H2,23,24,30)(H,25,27,28). The number of piperidine rings is 1. The van der Waals surface area contributed by atoms with E-state index in [9.17, 15) is 19.2 Å². The number of urea groups is 1. The lowest BCUT2D eigenvalue weighted by Crippen LogP contribution is -2.53. The van der Waals surface area contributed by atoms with Gasteiger partial charge < -0.3 is 15.5 Å². The van der Waals surface area contributed by atoms with Gasteiger partial charge in [0, 0.05) is 31.5 Å². The lowest BCUT2D eigenvalue weighted by atomic mass is 9.75. The number of nitrogens with one attached hydrogen (secondary N) is 3. The first-order valence-electron chi connectivity index (χ1n) is 11.6. The van der Waals surface area contributed by atoms with Crippen LogP contribution in [0.25, 0.3) is 0 Å². The zero-order valence-corrected chi connectivity index (χ0v) is 17.8. The third kappa shape index (κ3) is 4.62. The van der Waals surface area contributed by atoms with Gasteiger partial charge in [-0.3, -0.25) is 19.7 Å². The summed E-state index contributed by atoms with van der Waals surface area (Å²) in [5, 5.41) is 8.47. The molecule has 4 unspecified atom stereocenters. The molecule has 2 aliphatic carbocycles. The van der Waals surface area contributed by atoms with E-state index in [1.807, 2.05) is 0 Å². The molecule has 5 amide bonds. The maximum absolute atomic E-state index is 13.0. The van der Waals surface area contributed by atoms with Crippen LogP contribution in [0.5, 0.6) is 0 Å². The first kappa shape index (κ1) is 21.1. The van der Waals surface area contributed by atoms with Crippen molar-refractivity contribution in [1.82, 2.24) is 20.9 Å². The van der Waals surface area contributed by atoms with E-state index in [4.69, 9.17) is 0 Å². The molecule has 0 aromatic rings. The second-order valence-electron chi connectivity index (χ2n) is 9.81. The third-order valence-corrected chi connectivity index (χ3v) is 7.62. The molecule has 4 atom stereocenters. The minimum Gasteiger partial charge on any atom is -0.338 e. The van der Waals surface area contributed by atoms with Gasteiger partial charge in [-0.15, -0.1) is 0 Å². The number of carbonyl (C=O) groups excluding carboxylic acids is 4. The fourth-order valence-electron chi connectivity index (χ4n) is 5.72. The Hall–Kier alpha value is -2.12. The summed E-state index contributed by atoms with van der Waals surface area (Å²) in [5.41, 5.74) is 0. The SMILES string of the molecule is CC1CCC(NC(=O)NCC2CCC3CN(C4CCC(=O)NC4=O)C(=O)C3C2)CC1. The lowest BCUT2D eigenvalue weighted by molar-refractivity contribution is -0.144. The Labute approximate surface area is 177 Å². The van der Waals surface area contributed by atoms with E-state index < -0.39 is 6.04 Å². The van der Waals surface area contributed by atoms with Gasteiger partial charge >= 0.3 is 6.03 Å². The monoisotopic (exact) mass is 418 g/mol. The molecular formula is C22H34N4O4. The predicted molar refractivity (Wildman–Crippen MR) is 110 cm³/mol. The van der Waals surface area contributed by atoms with Crippen molar-refractivity contribution in [2.24, 2.45) is 23.7 Å². The van der Waals surface area contributed by atoms with Crippen LogP contribution in [-0.4, -0.2) is 53.8 Å². The Kier molecular flexibility index (Phi) is 6.29.